The summed E-state index contributed by atoms with van der Waals surface area (Å²) in [7, 11) is 3.22. The molecule has 0 saturated heterocycles. The molecule has 0 saturated carbocycles. The van der Waals surface area contributed by atoms with Crippen LogP contribution in [0.25, 0.3) is 0 Å². The molecule has 178 valence electrons. The zero-order valence-electron chi connectivity index (χ0n) is 21.0. The molecular formula is C24H44N2O4Sn. The Balaban J connectivity index is 3.65. The number of aromatic nitrogens is 1. The standard InChI is InChI=1S/C12H17N2O4.3C4H9.Sn/c1-12(2,3)18-11(15)13-8-6-7-9(16-4)14-10(8)17-5;3*1-3-4-2;/h7H,1-5H3,(H,13,15);3*1,3-4H2,2H3;. The van der Waals surface area contributed by atoms with Gasteiger partial charge in [-0.15, -0.1) is 0 Å². The van der Waals surface area contributed by atoms with E-state index in [1.807, 2.05) is 20.8 Å². The van der Waals surface area contributed by atoms with E-state index in [9.17, 15) is 4.79 Å². The first-order valence-electron chi connectivity index (χ1n) is 11.8. The van der Waals surface area contributed by atoms with Crippen molar-refractivity contribution in [3.63, 3.8) is 0 Å². The molecule has 1 heterocycles. The molecule has 0 spiro atoms. The summed E-state index contributed by atoms with van der Waals surface area (Å²) in [5.74, 6) is 0.956. The summed E-state index contributed by atoms with van der Waals surface area (Å²) in [4.78, 5) is 17.2. The fourth-order valence-electron chi connectivity index (χ4n) is 4.02. The van der Waals surface area contributed by atoms with Crippen LogP contribution in [0, 0.1) is 0 Å². The second kappa shape index (κ2) is 13.4. The van der Waals surface area contributed by atoms with Gasteiger partial charge in [-0.05, 0) is 0 Å². The Morgan fingerprint density at radius 1 is 0.968 bits per heavy atom. The third-order valence-corrected chi connectivity index (χ3v) is 21.2. The quantitative estimate of drug-likeness (QED) is 0.288. The third-order valence-electron chi connectivity index (χ3n) is 5.59. The molecule has 0 aliphatic rings. The number of carbonyl (C=O) groups excluding carboxylic acids is 1. The predicted molar refractivity (Wildman–Crippen MR) is 132 cm³/mol. The molecule has 0 radical (unpaired) electrons. The van der Waals surface area contributed by atoms with Crippen LogP contribution in [0.2, 0.25) is 13.3 Å². The van der Waals surface area contributed by atoms with E-state index >= 15 is 0 Å². The molecule has 7 heteroatoms. The molecule has 1 amide bonds. The van der Waals surface area contributed by atoms with Gasteiger partial charge in [0.25, 0.3) is 0 Å². The van der Waals surface area contributed by atoms with Gasteiger partial charge in [0.2, 0.25) is 0 Å². The minimum absolute atomic E-state index is 0.408. The van der Waals surface area contributed by atoms with Crippen molar-refractivity contribution in [2.24, 2.45) is 0 Å². The topological polar surface area (TPSA) is 69.7 Å². The predicted octanol–water partition coefficient (Wildman–Crippen LogP) is 6.50. The van der Waals surface area contributed by atoms with Gasteiger partial charge in [0, 0.05) is 0 Å². The third kappa shape index (κ3) is 8.70. The van der Waals surface area contributed by atoms with E-state index in [0.717, 1.165) is 0 Å². The average Bonchev–Trinajstić information content (AvgIpc) is 2.72. The van der Waals surface area contributed by atoms with Gasteiger partial charge < -0.3 is 0 Å². The molecule has 6 nitrogen and oxygen atoms in total. The van der Waals surface area contributed by atoms with Gasteiger partial charge in [0.1, 0.15) is 0 Å². The Morgan fingerprint density at radius 2 is 1.48 bits per heavy atom. The summed E-state index contributed by atoms with van der Waals surface area (Å²) in [6.45, 7) is 12.4. The van der Waals surface area contributed by atoms with Gasteiger partial charge in [-0.25, -0.2) is 0 Å². The number of anilines is 1. The molecule has 31 heavy (non-hydrogen) atoms. The zero-order chi connectivity index (χ0) is 23.5. The van der Waals surface area contributed by atoms with E-state index in [1.165, 1.54) is 55.4 Å². The van der Waals surface area contributed by atoms with Crippen LogP contribution in [0.15, 0.2) is 6.07 Å². The number of rotatable bonds is 13. The molecule has 1 aromatic heterocycles. The van der Waals surface area contributed by atoms with E-state index in [1.54, 1.807) is 14.2 Å². The van der Waals surface area contributed by atoms with Crippen molar-refractivity contribution in [1.82, 2.24) is 4.98 Å². The van der Waals surface area contributed by atoms with Crippen LogP contribution in [0.4, 0.5) is 10.5 Å². The first-order chi connectivity index (χ1) is 14.7. The number of methoxy groups -OCH3 is 2. The molecule has 0 aliphatic heterocycles. The van der Waals surface area contributed by atoms with Crippen LogP contribution in [0.1, 0.15) is 80.1 Å². The second-order valence-electron chi connectivity index (χ2n) is 9.31. The van der Waals surface area contributed by atoms with Crippen molar-refractivity contribution in [2.75, 3.05) is 19.5 Å². The first-order valence-corrected chi connectivity index (χ1v) is 19.3. The summed E-state index contributed by atoms with van der Waals surface area (Å²) in [5, 5.41) is 3.02. The zero-order valence-corrected chi connectivity index (χ0v) is 23.9. The fraction of sp³-hybridized carbons (Fsp3) is 0.750. The molecule has 1 N–H and O–H groups in total. The van der Waals surface area contributed by atoms with Crippen LogP contribution >= 0.6 is 0 Å². The van der Waals surface area contributed by atoms with Crippen LogP contribution in [0.5, 0.6) is 11.8 Å². The van der Waals surface area contributed by atoms with Crippen LogP contribution < -0.4 is 18.4 Å². The number of hydrogen-bond donors (Lipinski definition) is 1. The number of ether oxygens (including phenoxy) is 3. The van der Waals surface area contributed by atoms with Crippen molar-refractivity contribution in [2.45, 2.75) is 99.0 Å². The van der Waals surface area contributed by atoms with Gasteiger partial charge in [0.05, 0.1) is 0 Å². The molecule has 0 aromatic carbocycles. The molecule has 0 unspecified atom stereocenters. The number of amides is 1. The molecule has 0 bridgehead atoms. The number of nitrogens with one attached hydrogen (secondary N) is 1. The van der Waals surface area contributed by atoms with E-state index in [2.05, 4.69) is 37.1 Å². The molecule has 1 aromatic rings. The Bertz CT molecular complexity index is 667. The van der Waals surface area contributed by atoms with Crippen molar-refractivity contribution < 1.29 is 19.0 Å². The SMILES string of the molecule is CCC[CH2][Sn]([CH2]CCC)([CH2]CCC)[c]1cc(OC)nc(OC)c1NC(=O)OC(C)(C)C. The number of pyridine rings is 1. The van der Waals surface area contributed by atoms with Gasteiger partial charge >= 0.3 is 194 Å². The summed E-state index contributed by atoms with van der Waals surface area (Å²) in [6, 6.07) is 2.08. The molecule has 0 fully saturated rings. The number of hydrogen-bond acceptors (Lipinski definition) is 5. The minimum atomic E-state index is -2.93. The van der Waals surface area contributed by atoms with Gasteiger partial charge in [-0.1, -0.05) is 0 Å². The normalized spacial score (nSPS) is 11.9. The summed E-state index contributed by atoms with van der Waals surface area (Å²) in [6.07, 6.45) is 6.68. The van der Waals surface area contributed by atoms with E-state index < -0.39 is 30.1 Å². The molecule has 1 rings (SSSR count). The first kappa shape index (κ1) is 27.9. The monoisotopic (exact) mass is 544 g/mol. The van der Waals surface area contributed by atoms with E-state index in [4.69, 9.17) is 14.2 Å². The fourth-order valence-corrected chi connectivity index (χ4v) is 20.5. The number of unbranched alkanes of at least 4 members (excludes halogenated alkanes) is 3. The Labute approximate surface area is 193 Å². The summed E-state index contributed by atoms with van der Waals surface area (Å²) >= 11 is -2.93. The van der Waals surface area contributed by atoms with E-state index in [-0.39, 0.29) is 0 Å². The maximum atomic E-state index is 12.7. The van der Waals surface area contributed by atoms with Crippen molar-refractivity contribution in [3.8, 4) is 11.8 Å². The molecule has 0 atom stereocenters. The second-order valence-corrected chi connectivity index (χ2v) is 22.4. The Hall–Kier alpha value is -1.18. The average molecular weight is 543 g/mol. The van der Waals surface area contributed by atoms with Crippen molar-refractivity contribution in [1.29, 1.82) is 0 Å². The summed E-state index contributed by atoms with van der Waals surface area (Å²) in [5.41, 5.74) is 0.112. The Morgan fingerprint density at radius 3 is 1.87 bits per heavy atom. The summed E-state index contributed by atoms with van der Waals surface area (Å²) < 4.78 is 21.8. The van der Waals surface area contributed by atoms with Crippen molar-refractivity contribution >= 4 is 33.7 Å². The van der Waals surface area contributed by atoms with Gasteiger partial charge in [-0.3, -0.25) is 0 Å². The van der Waals surface area contributed by atoms with Crippen LogP contribution in [-0.4, -0.2) is 49.3 Å². The van der Waals surface area contributed by atoms with Gasteiger partial charge in [0.15, 0.2) is 0 Å². The Kier molecular flexibility index (Phi) is 12.0. The van der Waals surface area contributed by atoms with Crippen molar-refractivity contribution in [3.05, 3.63) is 6.07 Å². The number of nitrogens with zero attached hydrogens (tertiary/aromatic N) is 1. The molecule has 0 aliphatic carbocycles. The van der Waals surface area contributed by atoms with E-state index in [0.29, 0.717) is 17.4 Å². The van der Waals surface area contributed by atoms with Gasteiger partial charge in [-0.2, -0.15) is 0 Å². The number of carbonyl (C=O) groups is 1. The molecular weight excluding hydrogens is 499 g/mol. The van der Waals surface area contributed by atoms with Crippen LogP contribution in [0.3, 0.4) is 0 Å². The maximum absolute atomic E-state index is 12.7. The van der Waals surface area contributed by atoms with Crippen LogP contribution in [-0.2, 0) is 4.74 Å².